The average molecular weight is 326 g/mol. The molecule has 0 amide bonds. The molecule has 4 heterocycles. The maximum absolute atomic E-state index is 5.40. The van der Waals surface area contributed by atoms with Gasteiger partial charge in [0.25, 0.3) is 0 Å². The summed E-state index contributed by atoms with van der Waals surface area (Å²) in [6.07, 6.45) is 4.98. The number of likely N-dealkylation sites (tertiary alicyclic amines) is 1. The molecule has 1 aliphatic rings. The van der Waals surface area contributed by atoms with Gasteiger partial charge in [-0.3, -0.25) is 9.88 Å². The van der Waals surface area contributed by atoms with E-state index in [4.69, 9.17) is 9.05 Å². The van der Waals surface area contributed by atoms with Crippen LogP contribution in [-0.2, 0) is 6.54 Å². The van der Waals surface area contributed by atoms with Crippen molar-refractivity contribution in [3.05, 3.63) is 42.0 Å². The van der Waals surface area contributed by atoms with Crippen molar-refractivity contribution in [1.82, 2.24) is 30.2 Å². The standard InChI is InChI=1S/C16H18N6O2/c1-11-18-16(24-20-11)13-7-3-5-9-22(13)10-14-19-15(21-23-14)12-6-2-4-8-17-12/h2,4,6,8,13H,3,5,7,9-10H2,1H3/t13-/m1/s1. The molecule has 0 saturated carbocycles. The van der Waals surface area contributed by atoms with Crippen LogP contribution in [-0.4, -0.2) is 36.7 Å². The van der Waals surface area contributed by atoms with Crippen molar-refractivity contribution in [2.75, 3.05) is 6.54 Å². The molecule has 1 saturated heterocycles. The van der Waals surface area contributed by atoms with E-state index in [9.17, 15) is 0 Å². The fraction of sp³-hybridized carbons (Fsp3) is 0.438. The molecule has 3 aromatic rings. The second-order valence-corrected chi connectivity index (χ2v) is 5.89. The molecule has 1 atom stereocenters. The van der Waals surface area contributed by atoms with Crippen LogP contribution in [0.5, 0.6) is 0 Å². The summed E-state index contributed by atoms with van der Waals surface area (Å²) in [4.78, 5) is 15.3. The zero-order valence-corrected chi connectivity index (χ0v) is 13.4. The molecule has 0 spiro atoms. The molecule has 0 radical (unpaired) electrons. The maximum atomic E-state index is 5.40. The fourth-order valence-electron chi connectivity index (χ4n) is 3.00. The Morgan fingerprint density at radius 3 is 2.92 bits per heavy atom. The van der Waals surface area contributed by atoms with Crippen LogP contribution in [0.25, 0.3) is 11.5 Å². The summed E-state index contributed by atoms with van der Waals surface area (Å²) < 4.78 is 10.8. The molecule has 3 aromatic heterocycles. The highest BCUT2D eigenvalue weighted by Gasteiger charge is 2.29. The normalized spacial score (nSPS) is 18.8. The van der Waals surface area contributed by atoms with Crippen molar-refractivity contribution in [1.29, 1.82) is 0 Å². The van der Waals surface area contributed by atoms with Crippen LogP contribution in [0.1, 0.15) is 42.9 Å². The zero-order chi connectivity index (χ0) is 16.4. The quantitative estimate of drug-likeness (QED) is 0.722. The van der Waals surface area contributed by atoms with Gasteiger partial charge in [0.15, 0.2) is 5.82 Å². The van der Waals surface area contributed by atoms with E-state index in [0.717, 1.165) is 25.8 Å². The van der Waals surface area contributed by atoms with Crippen molar-refractivity contribution in [3.63, 3.8) is 0 Å². The predicted octanol–water partition coefficient (Wildman–Crippen LogP) is 2.55. The molecule has 4 rings (SSSR count). The van der Waals surface area contributed by atoms with Gasteiger partial charge in [-0.15, -0.1) is 0 Å². The van der Waals surface area contributed by atoms with E-state index in [2.05, 4.69) is 30.2 Å². The first-order chi connectivity index (χ1) is 11.8. The van der Waals surface area contributed by atoms with Crippen molar-refractivity contribution >= 4 is 0 Å². The van der Waals surface area contributed by atoms with Gasteiger partial charge in [-0.2, -0.15) is 9.97 Å². The molecule has 0 aromatic carbocycles. The number of hydrogen-bond donors (Lipinski definition) is 0. The molecule has 0 N–H and O–H groups in total. The second kappa shape index (κ2) is 6.48. The van der Waals surface area contributed by atoms with Crippen LogP contribution in [0.4, 0.5) is 0 Å². The molecule has 8 nitrogen and oxygen atoms in total. The Morgan fingerprint density at radius 1 is 1.17 bits per heavy atom. The largest absolute Gasteiger partial charge is 0.338 e. The van der Waals surface area contributed by atoms with E-state index in [1.807, 2.05) is 25.1 Å². The van der Waals surface area contributed by atoms with Crippen molar-refractivity contribution < 1.29 is 9.05 Å². The highest BCUT2D eigenvalue weighted by Crippen LogP contribution is 2.31. The zero-order valence-electron chi connectivity index (χ0n) is 13.4. The van der Waals surface area contributed by atoms with Gasteiger partial charge in [-0.05, 0) is 38.4 Å². The monoisotopic (exact) mass is 326 g/mol. The van der Waals surface area contributed by atoms with Crippen LogP contribution in [0.15, 0.2) is 33.4 Å². The topological polar surface area (TPSA) is 94.0 Å². The van der Waals surface area contributed by atoms with E-state index >= 15 is 0 Å². The van der Waals surface area contributed by atoms with Crippen molar-refractivity contribution in [3.8, 4) is 11.5 Å². The maximum Gasteiger partial charge on any atom is 0.243 e. The van der Waals surface area contributed by atoms with E-state index in [1.165, 1.54) is 0 Å². The molecule has 8 heteroatoms. The Morgan fingerprint density at radius 2 is 2.12 bits per heavy atom. The van der Waals surface area contributed by atoms with Gasteiger partial charge in [0, 0.05) is 6.20 Å². The highest BCUT2D eigenvalue weighted by atomic mass is 16.5. The molecule has 0 aliphatic carbocycles. The van der Waals surface area contributed by atoms with Crippen molar-refractivity contribution in [2.24, 2.45) is 0 Å². The lowest BCUT2D eigenvalue weighted by molar-refractivity contribution is 0.0986. The summed E-state index contributed by atoms with van der Waals surface area (Å²) in [5.74, 6) is 2.40. The molecule has 24 heavy (non-hydrogen) atoms. The summed E-state index contributed by atoms with van der Waals surface area (Å²) in [6, 6.07) is 5.72. The summed E-state index contributed by atoms with van der Waals surface area (Å²) in [7, 11) is 0. The number of aryl methyl sites for hydroxylation is 1. The van der Waals surface area contributed by atoms with Gasteiger partial charge in [0.05, 0.1) is 12.6 Å². The first-order valence-electron chi connectivity index (χ1n) is 8.08. The predicted molar refractivity (Wildman–Crippen MR) is 83.6 cm³/mol. The van der Waals surface area contributed by atoms with Gasteiger partial charge < -0.3 is 9.05 Å². The third-order valence-electron chi connectivity index (χ3n) is 4.14. The van der Waals surface area contributed by atoms with Gasteiger partial charge in [0.2, 0.25) is 17.6 Å². The van der Waals surface area contributed by atoms with Crippen LogP contribution in [0.2, 0.25) is 0 Å². The van der Waals surface area contributed by atoms with Crippen LogP contribution in [0.3, 0.4) is 0 Å². The van der Waals surface area contributed by atoms with Crippen molar-refractivity contribution in [2.45, 2.75) is 38.8 Å². The number of nitrogens with zero attached hydrogens (tertiary/aromatic N) is 6. The molecule has 0 bridgehead atoms. The van der Waals surface area contributed by atoms with Gasteiger partial charge >= 0.3 is 0 Å². The van der Waals surface area contributed by atoms with Crippen LogP contribution >= 0.6 is 0 Å². The molecular formula is C16H18N6O2. The lowest BCUT2D eigenvalue weighted by Gasteiger charge is -2.31. The summed E-state index contributed by atoms with van der Waals surface area (Å²) in [5, 5.41) is 7.93. The summed E-state index contributed by atoms with van der Waals surface area (Å²) in [6.45, 7) is 3.33. The van der Waals surface area contributed by atoms with E-state index < -0.39 is 0 Å². The number of rotatable bonds is 4. The third kappa shape index (κ3) is 3.05. The van der Waals surface area contributed by atoms with E-state index in [-0.39, 0.29) is 6.04 Å². The SMILES string of the molecule is Cc1noc([C@H]2CCCCN2Cc2nc(-c3ccccn3)no2)n1. The van der Waals surface area contributed by atoms with Gasteiger partial charge in [0.1, 0.15) is 5.69 Å². The number of hydrogen-bond acceptors (Lipinski definition) is 8. The number of pyridine rings is 1. The Balaban J connectivity index is 1.52. The summed E-state index contributed by atoms with van der Waals surface area (Å²) in [5.41, 5.74) is 0.704. The van der Waals surface area contributed by atoms with Crippen LogP contribution in [0, 0.1) is 6.92 Å². The first-order valence-corrected chi connectivity index (χ1v) is 8.08. The molecule has 1 aliphatic heterocycles. The fourth-order valence-corrected chi connectivity index (χ4v) is 3.00. The number of piperidine rings is 1. The molecule has 1 fully saturated rings. The lowest BCUT2D eigenvalue weighted by Crippen LogP contribution is -2.33. The minimum absolute atomic E-state index is 0.102. The Labute approximate surface area is 138 Å². The average Bonchev–Trinajstić information content (AvgIpc) is 3.25. The smallest absolute Gasteiger partial charge is 0.243 e. The lowest BCUT2D eigenvalue weighted by atomic mass is 10.0. The Kier molecular flexibility index (Phi) is 4.04. The van der Waals surface area contributed by atoms with E-state index in [0.29, 0.717) is 35.7 Å². The summed E-state index contributed by atoms with van der Waals surface area (Å²) >= 11 is 0. The molecular weight excluding hydrogens is 308 g/mol. The molecule has 0 unspecified atom stereocenters. The highest BCUT2D eigenvalue weighted by molar-refractivity contribution is 5.46. The van der Waals surface area contributed by atoms with E-state index in [1.54, 1.807) is 6.20 Å². The first kappa shape index (κ1) is 14.9. The molecule has 124 valence electrons. The Hall–Kier alpha value is -2.61. The van der Waals surface area contributed by atoms with Crippen LogP contribution < -0.4 is 0 Å². The minimum atomic E-state index is 0.102. The second-order valence-electron chi connectivity index (χ2n) is 5.89. The van der Waals surface area contributed by atoms with Gasteiger partial charge in [-0.1, -0.05) is 22.8 Å². The minimum Gasteiger partial charge on any atom is -0.338 e. The Bertz CT molecular complexity index is 800. The third-order valence-corrected chi connectivity index (χ3v) is 4.14. The van der Waals surface area contributed by atoms with Gasteiger partial charge in [-0.25, -0.2) is 0 Å². The number of aromatic nitrogens is 5.